The first-order chi connectivity index (χ1) is 5.68. The van der Waals surface area contributed by atoms with E-state index in [4.69, 9.17) is 11.6 Å². The molecule has 0 aliphatic heterocycles. The summed E-state index contributed by atoms with van der Waals surface area (Å²) in [4.78, 5) is 0. The van der Waals surface area contributed by atoms with Crippen molar-refractivity contribution in [2.24, 2.45) is 0 Å². The Morgan fingerprint density at radius 1 is 1.42 bits per heavy atom. The lowest BCUT2D eigenvalue weighted by molar-refractivity contribution is 0.747. The van der Waals surface area contributed by atoms with Crippen molar-refractivity contribution in [3.05, 3.63) is 33.8 Å². The minimum Gasteiger partial charge on any atom is -0.0843 e. The maximum atomic E-state index is 5.99. The predicted molar refractivity (Wildman–Crippen MR) is 52.9 cm³/mol. The van der Waals surface area contributed by atoms with Gasteiger partial charge in [0, 0.05) is 5.02 Å². The van der Waals surface area contributed by atoms with Crippen LogP contribution < -0.4 is 0 Å². The van der Waals surface area contributed by atoms with E-state index in [0.29, 0.717) is 5.92 Å². The van der Waals surface area contributed by atoms with E-state index in [1.165, 1.54) is 29.5 Å². The van der Waals surface area contributed by atoms with Gasteiger partial charge in [-0.15, -0.1) is 0 Å². The number of rotatable bonds is 0. The first-order valence-electron chi connectivity index (χ1n) is 4.47. The number of hydrogen-bond acceptors (Lipinski definition) is 0. The molecule has 1 aliphatic rings. The fraction of sp³-hybridized carbons (Fsp3) is 0.455. The van der Waals surface area contributed by atoms with E-state index in [9.17, 15) is 0 Å². The Bertz CT molecular complexity index is 315. The molecule has 1 aliphatic carbocycles. The van der Waals surface area contributed by atoms with Crippen LogP contribution >= 0.6 is 11.6 Å². The minimum absolute atomic E-state index is 0.706. The molecular weight excluding hydrogens is 168 g/mol. The van der Waals surface area contributed by atoms with Gasteiger partial charge in [-0.05, 0) is 54.5 Å². The van der Waals surface area contributed by atoms with Crippen molar-refractivity contribution < 1.29 is 0 Å². The van der Waals surface area contributed by atoms with E-state index >= 15 is 0 Å². The van der Waals surface area contributed by atoms with Gasteiger partial charge in [-0.2, -0.15) is 0 Å². The van der Waals surface area contributed by atoms with Crippen molar-refractivity contribution in [1.82, 2.24) is 0 Å². The Labute approximate surface area is 78.6 Å². The van der Waals surface area contributed by atoms with Crippen molar-refractivity contribution in [2.75, 3.05) is 0 Å². The van der Waals surface area contributed by atoms with Crippen LogP contribution in [0.1, 0.15) is 36.0 Å². The van der Waals surface area contributed by atoms with Crippen LogP contribution in [0.5, 0.6) is 0 Å². The van der Waals surface area contributed by atoms with Gasteiger partial charge in [-0.3, -0.25) is 0 Å². The molecule has 0 spiro atoms. The highest BCUT2D eigenvalue weighted by atomic mass is 35.5. The molecule has 0 amide bonds. The molecule has 0 saturated carbocycles. The van der Waals surface area contributed by atoms with Crippen molar-refractivity contribution in [1.29, 1.82) is 0 Å². The topological polar surface area (TPSA) is 0 Å². The van der Waals surface area contributed by atoms with Gasteiger partial charge in [0.05, 0.1) is 0 Å². The van der Waals surface area contributed by atoms with Crippen molar-refractivity contribution in [3.8, 4) is 0 Å². The lowest BCUT2D eigenvalue weighted by atomic mass is 10.0. The van der Waals surface area contributed by atoms with E-state index in [-0.39, 0.29) is 0 Å². The number of fused-ring (bicyclic) bond motifs is 1. The SMILES string of the molecule is Cc1cc(Cl)cc2c1CC[C@H]2C. The van der Waals surface area contributed by atoms with Crippen LogP contribution in [0.15, 0.2) is 12.1 Å². The van der Waals surface area contributed by atoms with Crippen LogP contribution in [0.25, 0.3) is 0 Å². The zero-order valence-electron chi connectivity index (χ0n) is 7.52. The number of halogens is 1. The van der Waals surface area contributed by atoms with Crippen LogP contribution in [0.3, 0.4) is 0 Å². The molecule has 1 aromatic carbocycles. The fourth-order valence-corrected chi connectivity index (χ4v) is 2.38. The normalized spacial score (nSPS) is 21.1. The zero-order chi connectivity index (χ0) is 8.72. The lowest BCUT2D eigenvalue weighted by Crippen LogP contribution is -1.89. The standard InChI is InChI=1S/C11H13Cl/c1-7-3-4-10-8(2)5-9(12)6-11(7)10/h5-7H,3-4H2,1-2H3/t7-/m1/s1. The third kappa shape index (κ3) is 1.15. The highest BCUT2D eigenvalue weighted by Gasteiger charge is 2.20. The monoisotopic (exact) mass is 180 g/mol. The van der Waals surface area contributed by atoms with E-state index in [1.54, 1.807) is 0 Å². The lowest BCUT2D eigenvalue weighted by Gasteiger charge is -2.07. The smallest absolute Gasteiger partial charge is 0.0411 e. The predicted octanol–water partition coefficient (Wildman–Crippen LogP) is 3.70. The summed E-state index contributed by atoms with van der Waals surface area (Å²) in [5, 5.41) is 0.889. The molecule has 0 nitrogen and oxygen atoms in total. The second-order valence-corrected chi connectivity index (χ2v) is 4.17. The summed E-state index contributed by atoms with van der Waals surface area (Å²) in [5.74, 6) is 0.706. The summed E-state index contributed by atoms with van der Waals surface area (Å²) in [6, 6.07) is 4.19. The van der Waals surface area contributed by atoms with Gasteiger partial charge in [0.25, 0.3) is 0 Å². The Morgan fingerprint density at radius 2 is 2.17 bits per heavy atom. The van der Waals surface area contributed by atoms with E-state index in [2.05, 4.69) is 26.0 Å². The highest BCUT2D eigenvalue weighted by Crippen LogP contribution is 2.36. The molecule has 1 atom stereocenters. The van der Waals surface area contributed by atoms with Gasteiger partial charge in [0.1, 0.15) is 0 Å². The van der Waals surface area contributed by atoms with Gasteiger partial charge in [0.2, 0.25) is 0 Å². The Kier molecular flexibility index (Phi) is 1.88. The first-order valence-corrected chi connectivity index (χ1v) is 4.85. The van der Waals surface area contributed by atoms with E-state index < -0.39 is 0 Å². The first kappa shape index (κ1) is 8.12. The molecule has 0 aromatic heterocycles. The van der Waals surface area contributed by atoms with Crippen LogP contribution in [0.4, 0.5) is 0 Å². The number of benzene rings is 1. The molecule has 0 radical (unpaired) electrons. The van der Waals surface area contributed by atoms with Crippen LogP contribution in [0, 0.1) is 6.92 Å². The Hall–Kier alpha value is -0.490. The quantitative estimate of drug-likeness (QED) is 0.571. The van der Waals surface area contributed by atoms with Crippen LogP contribution in [-0.4, -0.2) is 0 Å². The average Bonchev–Trinajstić information content (AvgIpc) is 2.33. The Morgan fingerprint density at radius 3 is 2.92 bits per heavy atom. The van der Waals surface area contributed by atoms with E-state index in [0.717, 1.165) is 5.02 Å². The molecule has 2 rings (SSSR count). The largest absolute Gasteiger partial charge is 0.0843 e. The second kappa shape index (κ2) is 2.77. The van der Waals surface area contributed by atoms with Gasteiger partial charge in [-0.25, -0.2) is 0 Å². The molecule has 1 aromatic rings. The molecule has 0 N–H and O–H groups in total. The second-order valence-electron chi connectivity index (χ2n) is 3.73. The Balaban J connectivity index is 2.60. The van der Waals surface area contributed by atoms with Crippen molar-refractivity contribution >= 4 is 11.6 Å². The van der Waals surface area contributed by atoms with Crippen LogP contribution in [-0.2, 0) is 6.42 Å². The maximum absolute atomic E-state index is 5.99. The average molecular weight is 181 g/mol. The third-order valence-corrected chi connectivity index (χ3v) is 3.05. The minimum atomic E-state index is 0.706. The molecule has 0 bridgehead atoms. The van der Waals surface area contributed by atoms with Crippen molar-refractivity contribution in [3.63, 3.8) is 0 Å². The summed E-state index contributed by atoms with van der Waals surface area (Å²) >= 11 is 5.99. The summed E-state index contributed by atoms with van der Waals surface area (Å²) in [5.41, 5.74) is 4.37. The van der Waals surface area contributed by atoms with Gasteiger partial charge < -0.3 is 0 Å². The van der Waals surface area contributed by atoms with Gasteiger partial charge >= 0.3 is 0 Å². The summed E-state index contributed by atoms with van der Waals surface area (Å²) in [6.45, 7) is 4.43. The molecular formula is C11H13Cl. The van der Waals surface area contributed by atoms with Crippen molar-refractivity contribution in [2.45, 2.75) is 32.6 Å². The summed E-state index contributed by atoms with van der Waals surface area (Å²) in [6.07, 6.45) is 2.52. The highest BCUT2D eigenvalue weighted by molar-refractivity contribution is 6.30. The van der Waals surface area contributed by atoms with Crippen LogP contribution in [0.2, 0.25) is 5.02 Å². The number of aryl methyl sites for hydroxylation is 1. The molecule has 1 heteroatoms. The molecule has 12 heavy (non-hydrogen) atoms. The van der Waals surface area contributed by atoms with Gasteiger partial charge in [-0.1, -0.05) is 18.5 Å². The van der Waals surface area contributed by atoms with Gasteiger partial charge in [0.15, 0.2) is 0 Å². The zero-order valence-corrected chi connectivity index (χ0v) is 8.28. The maximum Gasteiger partial charge on any atom is 0.0411 e. The molecule has 0 fully saturated rings. The molecule has 0 unspecified atom stereocenters. The number of hydrogen-bond donors (Lipinski definition) is 0. The third-order valence-electron chi connectivity index (χ3n) is 2.83. The molecule has 64 valence electrons. The fourth-order valence-electron chi connectivity index (χ4n) is 2.10. The molecule has 0 heterocycles. The van der Waals surface area contributed by atoms with E-state index in [1.807, 2.05) is 0 Å². The summed E-state index contributed by atoms with van der Waals surface area (Å²) < 4.78 is 0. The summed E-state index contributed by atoms with van der Waals surface area (Å²) in [7, 11) is 0. The molecule has 0 saturated heterocycles.